The van der Waals surface area contributed by atoms with Crippen molar-refractivity contribution < 1.29 is 0 Å². The van der Waals surface area contributed by atoms with E-state index in [1.54, 1.807) is 0 Å². The molecule has 1 nitrogen and oxygen atoms in total. The number of hydrogen-bond donors (Lipinski definition) is 0. The molecule has 0 aliphatic heterocycles. The van der Waals surface area contributed by atoms with Crippen LogP contribution < -0.4 is 0 Å². The van der Waals surface area contributed by atoms with Crippen LogP contribution in [0.15, 0.2) is 127 Å². The van der Waals surface area contributed by atoms with Crippen molar-refractivity contribution in [3.8, 4) is 5.69 Å². The Labute approximate surface area is 222 Å². The summed E-state index contributed by atoms with van der Waals surface area (Å²) in [7, 11) is 0. The van der Waals surface area contributed by atoms with Gasteiger partial charge < -0.3 is 4.57 Å². The van der Waals surface area contributed by atoms with Crippen LogP contribution in [-0.2, 0) is 0 Å². The first-order valence-electron chi connectivity index (χ1n) is 13.0. The van der Waals surface area contributed by atoms with Gasteiger partial charge >= 0.3 is 0 Å². The van der Waals surface area contributed by atoms with Crippen LogP contribution in [0.4, 0.5) is 0 Å². The molecule has 0 N–H and O–H groups in total. The van der Waals surface area contributed by atoms with E-state index in [1.807, 2.05) is 11.3 Å². The molecule has 0 saturated carbocycles. The van der Waals surface area contributed by atoms with E-state index < -0.39 is 0 Å². The molecule has 0 unspecified atom stereocenters. The van der Waals surface area contributed by atoms with E-state index in [1.165, 1.54) is 80.0 Å². The first kappa shape index (κ1) is 20.4. The zero-order valence-electron chi connectivity index (χ0n) is 20.5. The summed E-state index contributed by atoms with van der Waals surface area (Å²) < 4.78 is 5.23. The van der Waals surface area contributed by atoms with Crippen molar-refractivity contribution in [2.24, 2.45) is 0 Å². The Morgan fingerprint density at radius 2 is 1.03 bits per heavy atom. The molecular weight excluding hydrogens is 478 g/mol. The van der Waals surface area contributed by atoms with Gasteiger partial charge in [-0.2, -0.15) is 0 Å². The van der Waals surface area contributed by atoms with Crippen molar-refractivity contribution in [1.82, 2.24) is 4.57 Å². The molecule has 0 bridgehead atoms. The molecule has 2 heterocycles. The lowest BCUT2D eigenvalue weighted by atomic mass is 9.97. The largest absolute Gasteiger partial charge is 0.307 e. The molecule has 38 heavy (non-hydrogen) atoms. The minimum Gasteiger partial charge on any atom is -0.307 e. The third kappa shape index (κ3) is 2.55. The van der Waals surface area contributed by atoms with E-state index in [2.05, 4.69) is 132 Å². The lowest BCUT2D eigenvalue weighted by Gasteiger charge is -2.13. The van der Waals surface area contributed by atoms with Crippen LogP contribution >= 0.6 is 11.3 Å². The van der Waals surface area contributed by atoms with Gasteiger partial charge in [-0.1, -0.05) is 109 Å². The monoisotopic (exact) mass is 499 g/mol. The number of rotatable bonds is 1. The smallest absolute Gasteiger partial charge is 0.0726 e. The SMILES string of the molecule is c1ccc2c(-n3c4ccc5ccccc5c4c4c5ccccc5c5c6ccccc6sc5c43)cccc2c1. The number of aromatic nitrogens is 1. The van der Waals surface area contributed by atoms with Crippen LogP contribution in [0.1, 0.15) is 0 Å². The van der Waals surface area contributed by atoms with Crippen molar-refractivity contribution in [3.05, 3.63) is 127 Å². The van der Waals surface area contributed by atoms with Gasteiger partial charge in [0.05, 0.1) is 21.4 Å². The number of benzene rings is 7. The topological polar surface area (TPSA) is 4.93 Å². The number of thiophene rings is 1. The highest BCUT2D eigenvalue weighted by Crippen LogP contribution is 2.49. The molecule has 2 heteroatoms. The van der Waals surface area contributed by atoms with Gasteiger partial charge in [0.2, 0.25) is 0 Å². The molecule has 0 atom stereocenters. The van der Waals surface area contributed by atoms with E-state index in [-0.39, 0.29) is 0 Å². The lowest BCUT2D eigenvalue weighted by Crippen LogP contribution is -1.95. The fraction of sp³-hybridized carbons (Fsp3) is 0. The highest BCUT2D eigenvalue weighted by Gasteiger charge is 2.23. The standard InChI is InChI=1S/C36H21NS/c1-3-13-24-22(10-1)12-9-18-29(24)37-30-21-20-23-11-2-4-14-25(23)33(30)34-27-16-6-5-15-26(27)32-28-17-7-8-19-31(28)38-36(32)35(34)37/h1-21H. The van der Waals surface area contributed by atoms with Crippen molar-refractivity contribution in [2.75, 3.05) is 0 Å². The Balaban J connectivity index is 1.68. The predicted octanol–water partition coefficient (Wildman–Crippen LogP) is 10.6. The van der Waals surface area contributed by atoms with Gasteiger partial charge in [-0.05, 0) is 45.1 Å². The number of hydrogen-bond acceptors (Lipinski definition) is 1. The molecule has 0 fully saturated rings. The molecule has 0 spiro atoms. The summed E-state index contributed by atoms with van der Waals surface area (Å²) in [6, 6.07) is 46.7. The predicted molar refractivity (Wildman–Crippen MR) is 166 cm³/mol. The summed E-state index contributed by atoms with van der Waals surface area (Å²) >= 11 is 1.92. The second-order valence-corrected chi connectivity index (χ2v) is 11.1. The molecule has 7 aromatic carbocycles. The Kier molecular flexibility index (Phi) is 3.99. The third-order valence-electron chi connectivity index (χ3n) is 8.14. The van der Waals surface area contributed by atoms with Gasteiger partial charge in [0, 0.05) is 31.6 Å². The van der Waals surface area contributed by atoms with Crippen LogP contribution in [0.2, 0.25) is 0 Å². The summed E-state index contributed by atoms with van der Waals surface area (Å²) in [5, 5.41) is 13.1. The summed E-state index contributed by atoms with van der Waals surface area (Å²) in [4.78, 5) is 0. The molecule has 2 aromatic heterocycles. The van der Waals surface area contributed by atoms with Gasteiger partial charge in [0.15, 0.2) is 0 Å². The summed E-state index contributed by atoms with van der Waals surface area (Å²) in [6.45, 7) is 0. The fourth-order valence-electron chi connectivity index (χ4n) is 6.59. The second-order valence-electron chi connectivity index (χ2n) is 10.1. The Hall–Kier alpha value is -4.66. The maximum absolute atomic E-state index is 2.55. The van der Waals surface area contributed by atoms with Crippen molar-refractivity contribution in [2.45, 2.75) is 0 Å². The minimum absolute atomic E-state index is 1.23. The average Bonchev–Trinajstić information content (AvgIpc) is 3.54. The summed E-state index contributed by atoms with van der Waals surface area (Å²) in [5.41, 5.74) is 3.79. The minimum atomic E-state index is 1.23. The molecule has 0 amide bonds. The van der Waals surface area contributed by atoms with Crippen LogP contribution in [0, 0.1) is 0 Å². The molecule has 0 aliphatic carbocycles. The van der Waals surface area contributed by atoms with Crippen LogP contribution in [-0.4, -0.2) is 4.57 Å². The number of nitrogens with zero attached hydrogens (tertiary/aromatic N) is 1. The first-order valence-corrected chi connectivity index (χ1v) is 13.9. The molecule has 9 aromatic rings. The van der Waals surface area contributed by atoms with Crippen LogP contribution in [0.25, 0.3) is 80.0 Å². The molecular formula is C36H21NS. The summed E-state index contributed by atoms with van der Waals surface area (Å²) in [5.74, 6) is 0. The van der Waals surface area contributed by atoms with E-state index >= 15 is 0 Å². The van der Waals surface area contributed by atoms with E-state index in [4.69, 9.17) is 0 Å². The summed E-state index contributed by atoms with van der Waals surface area (Å²) in [6.07, 6.45) is 0. The quantitative estimate of drug-likeness (QED) is 0.212. The number of fused-ring (bicyclic) bond motifs is 13. The third-order valence-corrected chi connectivity index (χ3v) is 9.32. The second kappa shape index (κ2) is 7.44. The highest BCUT2D eigenvalue weighted by atomic mass is 32.1. The Bertz CT molecular complexity index is 2400. The maximum atomic E-state index is 2.55. The highest BCUT2D eigenvalue weighted by molar-refractivity contribution is 7.27. The lowest BCUT2D eigenvalue weighted by molar-refractivity contribution is 1.21. The van der Waals surface area contributed by atoms with Crippen molar-refractivity contribution in [1.29, 1.82) is 0 Å². The normalized spacial score (nSPS) is 12.2. The average molecular weight is 500 g/mol. The van der Waals surface area contributed by atoms with Crippen LogP contribution in [0.3, 0.4) is 0 Å². The van der Waals surface area contributed by atoms with E-state index in [0.29, 0.717) is 0 Å². The molecule has 0 saturated heterocycles. The first-order chi connectivity index (χ1) is 18.9. The Morgan fingerprint density at radius 1 is 0.421 bits per heavy atom. The van der Waals surface area contributed by atoms with Crippen LogP contribution in [0.5, 0.6) is 0 Å². The molecule has 0 radical (unpaired) electrons. The van der Waals surface area contributed by atoms with E-state index in [9.17, 15) is 0 Å². The van der Waals surface area contributed by atoms with Gasteiger partial charge in [0.1, 0.15) is 0 Å². The van der Waals surface area contributed by atoms with E-state index in [0.717, 1.165) is 0 Å². The van der Waals surface area contributed by atoms with Gasteiger partial charge in [-0.15, -0.1) is 11.3 Å². The maximum Gasteiger partial charge on any atom is 0.0726 e. The van der Waals surface area contributed by atoms with Gasteiger partial charge in [0.25, 0.3) is 0 Å². The van der Waals surface area contributed by atoms with Gasteiger partial charge in [-0.3, -0.25) is 0 Å². The van der Waals surface area contributed by atoms with Crippen molar-refractivity contribution in [3.63, 3.8) is 0 Å². The zero-order valence-corrected chi connectivity index (χ0v) is 21.3. The van der Waals surface area contributed by atoms with Crippen molar-refractivity contribution >= 4 is 85.6 Å². The zero-order chi connectivity index (χ0) is 24.8. The molecule has 9 rings (SSSR count). The molecule has 176 valence electrons. The molecule has 0 aliphatic rings. The van der Waals surface area contributed by atoms with Gasteiger partial charge in [-0.25, -0.2) is 0 Å². The Morgan fingerprint density at radius 3 is 1.84 bits per heavy atom. The fourth-order valence-corrected chi connectivity index (χ4v) is 7.85.